The highest BCUT2D eigenvalue weighted by Crippen LogP contribution is 2.22. The standard InChI is InChI=1S/C24H26N2O4/c27-24(28)20-13-26(14-20)15-21-11-22(29-16-18-7-3-1-4-8-18)23(12-25-21)30-17-19-9-5-2-6-10-19/h1-11,20,25H,12-17H2,(H,27,28). The highest BCUT2D eigenvalue weighted by Gasteiger charge is 2.33. The van der Waals surface area contributed by atoms with Gasteiger partial charge in [-0.1, -0.05) is 60.7 Å². The molecule has 1 fully saturated rings. The van der Waals surface area contributed by atoms with Crippen LogP contribution in [0.2, 0.25) is 0 Å². The van der Waals surface area contributed by atoms with Crippen molar-refractivity contribution in [2.24, 2.45) is 5.92 Å². The fourth-order valence-corrected chi connectivity index (χ4v) is 3.49. The van der Waals surface area contributed by atoms with Gasteiger partial charge in [-0.15, -0.1) is 0 Å². The SMILES string of the molecule is O=C(O)C1CN(CC2=CC(OCc3ccccc3)=C(OCc3ccccc3)CN2)C1. The summed E-state index contributed by atoms with van der Waals surface area (Å²) >= 11 is 0. The molecule has 0 aromatic heterocycles. The Morgan fingerprint density at radius 3 is 2.17 bits per heavy atom. The molecule has 0 amide bonds. The van der Waals surface area contributed by atoms with E-state index in [2.05, 4.69) is 10.2 Å². The zero-order valence-electron chi connectivity index (χ0n) is 16.8. The fourth-order valence-electron chi connectivity index (χ4n) is 3.49. The summed E-state index contributed by atoms with van der Waals surface area (Å²) in [4.78, 5) is 13.1. The van der Waals surface area contributed by atoms with Crippen LogP contribution in [0.4, 0.5) is 0 Å². The minimum atomic E-state index is -0.722. The first kappa shape index (κ1) is 20.0. The number of dihydropyridines is 1. The van der Waals surface area contributed by atoms with E-state index in [0.717, 1.165) is 28.3 Å². The molecule has 2 heterocycles. The summed E-state index contributed by atoms with van der Waals surface area (Å²) in [6.45, 7) is 3.31. The second-order valence-corrected chi connectivity index (χ2v) is 7.59. The quantitative estimate of drug-likeness (QED) is 0.667. The largest absolute Gasteiger partial charge is 0.487 e. The predicted molar refractivity (Wildman–Crippen MR) is 113 cm³/mol. The van der Waals surface area contributed by atoms with Gasteiger partial charge in [0.1, 0.15) is 13.2 Å². The third-order valence-electron chi connectivity index (χ3n) is 5.25. The van der Waals surface area contributed by atoms with Crippen molar-refractivity contribution in [2.75, 3.05) is 26.2 Å². The Morgan fingerprint density at radius 1 is 0.967 bits per heavy atom. The fraction of sp³-hybridized carbons (Fsp3) is 0.292. The molecule has 2 aliphatic heterocycles. The van der Waals surface area contributed by atoms with E-state index in [1.807, 2.05) is 66.7 Å². The number of carbonyl (C=O) groups is 1. The Labute approximate surface area is 176 Å². The number of rotatable bonds is 9. The lowest BCUT2D eigenvalue weighted by atomic mass is 10.0. The molecule has 0 saturated carbocycles. The first-order chi connectivity index (χ1) is 14.7. The third kappa shape index (κ3) is 5.21. The summed E-state index contributed by atoms with van der Waals surface area (Å²) in [6.07, 6.45) is 1.97. The minimum absolute atomic E-state index is 0.261. The van der Waals surface area contributed by atoms with Gasteiger partial charge in [-0.3, -0.25) is 9.69 Å². The van der Waals surface area contributed by atoms with Crippen molar-refractivity contribution in [3.8, 4) is 0 Å². The molecule has 30 heavy (non-hydrogen) atoms. The Kier molecular flexibility index (Phi) is 6.35. The van der Waals surface area contributed by atoms with Crippen LogP contribution >= 0.6 is 0 Å². The molecule has 0 radical (unpaired) electrons. The number of benzene rings is 2. The molecule has 0 aliphatic carbocycles. The lowest BCUT2D eigenvalue weighted by Crippen LogP contribution is -2.51. The van der Waals surface area contributed by atoms with E-state index in [1.54, 1.807) is 0 Å². The highest BCUT2D eigenvalue weighted by molar-refractivity contribution is 5.71. The second kappa shape index (κ2) is 9.50. The van der Waals surface area contributed by atoms with Gasteiger partial charge in [0.25, 0.3) is 0 Å². The van der Waals surface area contributed by atoms with Crippen molar-refractivity contribution in [2.45, 2.75) is 13.2 Å². The zero-order chi connectivity index (χ0) is 20.8. The van der Waals surface area contributed by atoms with Crippen LogP contribution in [-0.4, -0.2) is 42.2 Å². The molecule has 2 aliphatic rings. The molecule has 2 aromatic rings. The number of allylic oxidation sites excluding steroid dienone is 1. The summed E-state index contributed by atoms with van der Waals surface area (Å²) in [5.41, 5.74) is 3.20. The maximum atomic E-state index is 11.0. The van der Waals surface area contributed by atoms with E-state index in [1.165, 1.54) is 0 Å². The average molecular weight is 406 g/mol. The maximum Gasteiger partial charge on any atom is 0.309 e. The Bertz CT molecular complexity index is 919. The lowest BCUT2D eigenvalue weighted by molar-refractivity contribution is -0.147. The Morgan fingerprint density at radius 2 is 1.57 bits per heavy atom. The number of likely N-dealkylation sites (tertiary alicyclic amines) is 1. The Balaban J connectivity index is 1.43. The van der Waals surface area contributed by atoms with Gasteiger partial charge in [0.2, 0.25) is 0 Å². The normalized spacial score (nSPS) is 17.0. The molecule has 2 aromatic carbocycles. The van der Waals surface area contributed by atoms with Crippen molar-refractivity contribution in [3.05, 3.63) is 95.1 Å². The van der Waals surface area contributed by atoms with Crippen LogP contribution in [0.1, 0.15) is 11.1 Å². The number of carboxylic acid groups (broad SMARTS) is 1. The van der Waals surface area contributed by atoms with E-state index in [9.17, 15) is 4.79 Å². The molecule has 2 N–H and O–H groups in total. The van der Waals surface area contributed by atoms with Crippen molar-refractivity contribution < 1.29 is 19.4 Å². The van der Waals surface area contributed by atoms with Gasteiger partial charge in [-0.2, -0.15) is 0 Å². The van der Waals surface area contributed by atoms with E-state index in [0.29, 0.717) is 39.4 Å². The zero-order valence-corrected chi connectivity index (χ0v) is 16.8. The van der Waals surface area contributed by atoms with Crippen LogP contribution in [0.25, 0.3) is 0 Å². The topological polar surface area (TPSA) is 71.0 Å². The first-order valence-electron chi connectivity index (χ1n) is 10.1. The van der Waals surface area contributed by atoms with Gasteiger partial charge in [-0.25, -0.2) is 0 Å². The van der Waals surface area contributed by atoms with E-state index >= 15 is 0 Å². The van der Waals surface area contributed by atoms with E-state index in [4.69, 9.17) is 14.6 Å². The van der Waals surface area contributed by atoms with Gasteiger partial charge < -0.3 is 19.9 Å². The molecule has 0 unspecified atom stereocenters. The van der Waals surface area contributed by atoms with Crippen LogP contribution in [0.5, 0.6) is 0 Å². The molecule has 156 valence electrons. The Hall–Kier alpha value is -3.25. The first-order valence-corrected chi connectivity index (χ1v) is 10.1. The monoisotopic (exact) mass is 406 g/mol. The van der Waals surface area contributed by atoms with Crippen LogP contribution in [0.3, 0.4) is 0 Å². The second-order valence-electron chi connectivity index (χ2n) is 7.59. The summed E-state index contributed by atoms with van der Waals surface area (Å²) < 4.78 is 12.2. The lowest BCUT2D eigenvalue weighted by Gasteiger charge is -2.37. The van der Waals surface area contributed by atoms with Crippen molar-refractivity contribution in [1.82, 2.24) is 10.2 Å². The number of nitrogens with zero attached hydrogens (tertiary/aromatic N) is 1. The van der Waals surface area contributed by atoms with Crippen molar-refractivity contribution >= 4 is 5.97 Å². The molecular weight excluding hydrogens is 380 g/mol. The smallest absolute Gasteiger partial charge is 0.309 e. The molecular formula is C24H26N2O4. The van der Waals surface area contributed by atoms with Gasteiger partial charge in [-0.05, 0) is 11.1 Å². The summed E-state index contributed by atoms with van der Waals surface area (Å²) in [7, 11) is 0. The molecule has 0 spiro atoms. The van der Waals surface area contributed by atoms with Gasteiger partial charge in [0.05, 0.1) is 12.5 Å². The van der Waals surface area contributed by atoms with Crippen LogP contribution in [0.15, 0.2) is 84.0 Å². The van der Waals surface area contributed by atoms with Crippen LogP contribution in [-0.2, 0) is 27.5 Å². The number of nitrogens with one attached hydrogen (secondary N) is 1. The summed E-state index contributed by atoms with van der Waals surface area (Å²) in [5.74, 6) is 0.507. The van der Waals surface area contributed by atoms with E-state index in [-0.39, 0.29) is 5.92 Å². The number of ether oxygens (including phenoxy) is 2. The minimum Gasteiger partial charge on any atom is -0.487 e. The van der Waals surface area contributed by atoms with Crippen molar-refractivity contribution in [3.63, 3.8) is 0 Å². The van der Waals surface area contributed by atoms with Crippen LogP contribution < -0.4 is 5.32 Å². The molecule has 0 atom stereocenters. The number of carboxylic acids is 1. The number of hydrogen-bond donors (Lipinski definition) is 2. The molecule has 6 heteroatoms. The number of hydrogen-bond acceptors (Lipinski definition) is 5. The van der Waals surface area contributed by atoms with Crippen molar-refractivity contribution in [1.29, 1.82) is 0 Å². The molecule has 1 saturated heterocycles. The highest BCUT2D eigenvalue weighted by atomic mass is 16.5. The molecule has 6 nitrogen and oxygen atoms in total. The molecule has 4 rings (SSSR count). The summed E-state index contributed by atoms with van der Waals surface area (Å²) in [6, 6.07) is 20.1. The van der Waals surface area contributed by atoms with Gasteiger partial charge in [0, 0.05) is 31.4 Å². The van der Waals surface area contributed by atoms with Crippen LogP contribution in [0, 0.1) is 5.92 Å². The molecule has 0 bridgehead atoms. The average Bonchev–Trinajstić information content (AvgIpc) is 2.75. The van der Waals surface area contributed by atoms with Gasteiger partial charge in [0.15, 0.2) is 11.5 Å². The predicted octanol–water partition coefficient (Wildman–Crippen LogP) is 3.14. The third-order valence-corrected chi connectivity index (χ3v) is 5.25. The van der Waals surface area contributed by atoms with E-state index < -0.39 is 5.97 Å². The number of aliphatic carboxylic acids is 1. The summed E-state index contributed by atoms with van der Waals surface area (Å²) in [5, 5.41) is 12.4. The van der Waals surface area contributed by atoms with Gasteiger partial charge >= 0.3 is 5.97 Å². The maximum absolute atomic E-state index is 11.0.